The molecule has 1 aromatic carbocycles. The van der Waals surface area contributed by atoms with Crippen molar-refractivity contribution in [3.8, 4) is 5.75 Å². The molecule has 0 unspecified atom stereocenters. The van der Waals surface area contributed by atoms with Crippen molar-refractivity contribution in [2.24, 2.45) is 0 Å². The van der Waals surface area contributed by atoms with Crippen LogP contribution in [0.4, 0.5) is 5.69 Å². The first kappa shape index (κ1) is 13.2. The minimum atomic E-state index is -0.213. The van der Waals surface area contributed by atoms with E-state index in [1.807, 2.05) is 6.92 Å². The van der Waals surface area contributed by atoms with E-state index in [2.05, 4.69) is 5.32 Å². The molecule has 2 N–H and O–H groups in total. The minimum Gasteiger partial charge on any atom is -0.507 e. The molecule has 0 aliphatic heterocycles. The number of phenols is 1. The summed E-state index contributed by atoms with van der Waals surface area (Å²) in [6.07, 6.45) is 2.19. The van der Waals surface area contributed by atoms with E-state index in [9.17, 15) is 14.7 Å². The Bertz CT molecular complexity index is 427. The van der Waals surface area contributed by atoms with Crippen LogP contribution in [0.1, 0.15) is 43.5 Å². The molecule has 17 heavy (non-hydrogen) atoms. The highest BCUT2D eigenvalue weighted by Crippen LogP contribution is 2.23. The van der Waals surface area contributed by atoms with Crippen molar-refractivity contribution >= 4 is 17.4 Å². The fourth-order valence-corrected chi connectivity index (χ4v) is 1.52. The standard InChI is InChI=1S/C13H17NO3/c1-3-4-5-12(16)11-7-6-10(8-13(11)17)14-9(2)15/h6-8,17H,3-5H2,1-2H3,(H,14,15). The number of hydrogen-bond acceptors (Lipinski definition) is 3. The van der Waals surface area contributed by atoms with Crippen LogP contribution in [0, 0.1) is 0 Å². The molecule has 1 amide bonds. The van der Waals surface area contributed by atoms with Crippen molar-refractivity contribution in [3.05, 3.63) is 23.8 Å². The van der Waals surface area contributed by atoms with Gasteiger partial charge in [0.2, 0.25) is 5.91 Å². The summed E-state index contributed by atoms with van der Waals surface area (Å²) >= 11 is 0. The molecule has 4 heteroatoms. The van der Waals surface area contributed by atoms with Crippen LogP contribution < -0.4 is 5.32 Å². The predicted octanol–water partition coefficient (Wildman–Crippen LogP) is 2.72. The first-order chi connectivity index (χ1) is 8.04. The molecule has 0 bridgehead atoms. The van der Waals surface area contributed by atoms with E-state index in [1.54, 1.807) is 12.1 Å². The maximum Gasteiger partial charge on any atom is 0.221 e. The van der Waals surface area contributed by atoms with Crippen molar-refractivity contribution in [1.29, 1.82) is 0 Å². The van der Waals surface area contributed by atoms with Gasteiger partial charge in [0.15, 0.2) is 5.78 Å². The zero-order valence-electron chi connectivity index (χ0n) is 10.1. The molecule has 4 nitrogen and oxygen atoms in total. The quantitative estimate of drug-likeness (QED) is 0.771. The van der Waals surface area contributed by atoms with Crippen LogP contribution in [-0.2, 0) is 4.79 Å². The molecule has 0 saturated heterocycles. The molecule has 1 aromatic rings. The SMILES string of the molecule is CCCCC(=O)c1ccc(NC(C)=O)cc1O. The molecule has 0 aliphatic rings. The van der Waals surface area contributed by atoms with Gasteiger partial charge in [0.05, 0.1) is 5.56 Å². The Hall–Kier alpha value is -1.84. The van der Waals surface area contributed by atoms with Crippen LogP contribution in [0.5, 0.6) is 5.75 Å². The number of phenolic OH excluding ortho intramolecular Hbond substituents is 1. The van der Waals surface area contributed by atoms with E-state index >= 15 is 0 Å². The predicted molar refractivity (Wildman–Crippen MR) is 66.3 cm³/mol. The highest BCUT2D eigenvalue weighted by Gasteiger charge is 2.11. The number of anilines is 1. The number of aromatic hydroxyl groups is 1. The second-order valence-corrected chi connectivity index (χ2v) is 3.94. The van der Waals surface area contributed by atoms with Gasteiger partial charge in [0, 0.05) is 25.1 Å². The average Bonchev–Trinajstić information content (AvgIpc) is 2.25. The summed E-state index contributed by atoms with van der Waals surface area (Å²) in [6.45, 7) is 3.39. The number of amides is 1. The van der Waals surface area contributed by atoms with E-state index < -0.39 is 0 Å². The Morgan fingerprint density at radius 1 is 1.35 bits per heavy atom. The summed E-state index contributed by atoms with van der Waals surface area (Å²) in [7, 11) is 0. The van der Waals surface area contributed by atoms with Gasteiger partial charge in [-0.1, -0.05) is 13.3 Å². The molecular formula is C13H17NO3. The Morgan fingerprint density at radius 3 is 2.59 bits per heavy atom. The first-order valence-electron chi connectivity index (χ1n) is 5.68. The van der Waals surface area contributed by atoms with Crippen molar-refractivity contribution < 1.29 is 14.7 Å². The number of unbranched alkanes of at least 4 members (excludes halogenated alkanes) is 1. The number of nitrogens with one attached hydrogen (secondary N) is 1. The third kappa shape index (κ3) is 3.90. The summed E-state index contributed by atoms with van der Waals surface area (Å²) in [6, 6.07) is 4.54. The number of carbonyl (C=O) groups excluding carboxylic acids is 2. The number of ketones is 1. The van der Waals surface area contributed by atoms with Gasteiger partial charge in [-0.3, -0.25) is 9.59 Å². The lowest BCUT2D eigenvalue weighted by Crippen LogP contribution is -2.06. The molecule has 0 spiro atoms. The minimum absolute atomic E-state index is 0.0706. The lowest BCUT2D eigenvalue weighted by Gasteiger charge is -2.06. The highest BCUT2D eigenvalue weighted by molar-refractivity contribution is 5.99. The van der Waals surface area contributed by atoms with Gasteiger partial charge < -0.3 is 10.4 Å². The summed E-state index contributed by atoms with van der Waals surface area (Å²) in [5, 5.41) is 12.2. The normalized spacial score (nSPS) is 10.0. The Kier molecular flexibility index (Phi) is 4.69. The topological polar surface area (TPSA) is 66.4 Å². The third-order valence-electron chi connectivity index (χ3n) is 2.38. The van der Waals surface area contributed by atoms with Crippen molar-refractivity contribution in [1.82, 2.24) is 0 Å². The van der Waals surface area contributed by atoms with Gasteiger partial charge in [-0.05, 0) is 18.6 Å². The fraction of sp³-hybridized carbons (Fsp3) is 0.385. The van der Waals surface area contributed by atoms with Crippen LogP contribution in [0.3, 0.4) is 0 Å². The second kappa shape index (κ2) is 6.03. The number of hydrogen-bond donors (Lipinski definition) is 2. The Balaban J connectivity index is 2.82. The molecule has 0 saturated carbocycles. The zero-order chi connectivity index (χ0) is 12.8. The molecule has 0 radical (unpaired) electrons. The van der Waals surface area contributed by atoms with E-state index in [0.29, 0.717) is 17.7 Å². The van der Waals surface area contributed by atoms with Crippen LogP contribution in [0.15, 0.2) is 18.2 Å². The van der Waals surface area contributed by atoms with Crippen LogP contribution >= 0.6 is 0 Å². The molecule has 0 heterocycles. The van der Waals surface area contributed by atoms with Gasteiger partial charge in [0.1, 0.15) is 5.75 Å². The van der Waals surface area contributed by atoms with Crippen molar-refractivity contribution in [2.75, 3.05) is 5.32 Å². The van der Waals surface area contributed by atoms with E-state index in [-0.39, 0.29) is 17.4 Å². The maximum absolute atomic E-state index is 11.7. The lowest BCUT2D eigenvalue weighted by atomic mass is 10.0. The number of Topliss-reactive ketones (excluding diaryl/α,β-unsaturated/α-hetero) is 1. The van der Waals surface area contributed by atoms with Gasteiger partial charge in [-0.15, -0.1) is 0 Å². The summed E-state index contributed by atoms with van der Waals surface area (Å²) in [5.74, 6) is -0.370. The van der Waals surface area contributed by atoms with Gasteiger partial charge in [-0.2, -0.15) is 0 Å². The van der Waals surface area contributed by atoms with Crippen LogP contribution in [-0.4, -0.2) is 16.8 Å². The summed E-state index contributed by atoms with van der Waals surface area (Å²) < 4.78 is 0. The molecule has 92 valence electrons. The first-order valence-corrected chi connectivity index (χ1v) is 5.68. The van der Waals surface area contributed by atoms with Crippen LogP contribution in [0.25, 0.3) is 0 Å². The number of benzene rings is 1. The van der Waals surface area contributed by atoms with Gasteiger partial charge in [0.25, 0.3) is 0 Å². The molecule has 0 aliphatic carbocycles. The number of carbonyl (C=O) groups is 2. The van der Waals surface area contributed by atoms with E-state index in [4.69, 9.17) is 0 Å². The molecule has 0 atom stereocenters. The largest absolute Gasteiger partial charge is 0.507 e. The Morgan fingerprint density at radius 2 is 2.06 bits per heavy atom. The fourth-order valence-electron chi connectivity index (χ4n) is 1.52. The molecule has 0 aromatic heterocycles. The average molecular weight is 235 g/mol. The monoisotopic (exact) mass is 235 g/mol. The van der Waals surface area contributed by atoms with Crippen molar-refractivity contribution in [2.45, 2.75) is 33.1 Å². The van der Waals surface area contributed by atoms with E-state index in [1.165, 1.54) is 13.0 Å². The molecular weight excluding hydrogens is 218 g/mol. The van der Waals surface area contributed by atoms with Gasteiger partial charge >= 0.3 is 0 Å². The lowest BCUT2D eigenvalue weighted by molar-refractivity contribution is -0.114. The zero-order valence-corrected chi connectivity index (χ0v) is 10.1. The maximum atomic E-state index is 11.7. The van der Waals surface area contributed by atoms with Gasteiger partial charge in [-0.25, -0.2) is 0 Å². The molecule has 0 fully saturated rings. The van der Waals surface area contributed by atoms with E-state index in [0.717, 1.165) is 12.8 Å². The highest BCUT2D eigenvalue weighted by atomic mass is 16.3. The smallest absolute Gasteiger partial charge is 0.221 e. The summed E-state index contributed by atoms with van der Waals surface area (Å²) in [4.78, 5) is 22.5. The Labute approximate surface area is 101 Å². The summed E-state index contributed by atoms with van der Waals surface area (Å²) in [5.41, 5.74) is 0.801. The third-order valence-corrected chi connectivity index (χ3v) is 2.38. The van der Waals surface area contributed by atoms with Crippen LogP contribution in [0.2, 0.25) is 0 Å². The molecule has 1 rings (SSSR count). The van der Waals surface area contributed by atoms with Crippen molar-refractivity contribution in [3.63, 3.8) is 0 Å². The number of rotatable bonds is 5. The second-order valence-electron chi connectivity index (χ2n) is 3.94.